The second kappa shape index (κ2) is 5.07. The molecule has 3 nitrogen and oxygen atoms in total. The van der Waals surface area contributed by atoms with E-state index >= 15 is 0 Å². The lowest BCUT2D eigenvalue weighted by atomic mass is 9.78. The molecule has 1 N–H and O–H groups in total. The SMILES string of the molecule is COc1cccc2c1B(O)OC2Cc1ccccc1. The van der Waals surface area contributed by atoms with E-state index in [2.05, 4.69) is 12.1 Å². The van der Waals surface area contributed by atoms with Gasteiger partial charge in [0.2, 0.25) is 0 Å². The first kappa shape index (κ1) is 12.3. The highest BCUT2D eigenvalue weighted by atomic mass is 16.5. The Balaban J connectivity index is 1.92. The summed E-state index contributed by atoms with van der Waals surface area (Å²) >= 11 is 0. The van der Waals surface area contributed by atoms with Crippen molar-refractivity contribution in [2.24, 2.45) is 0 Å². The zero-order chi connectivity index (χ0) is 13.2. The predicted octanol–water partition coefficient (Wildman–Crippen LogP) is 1.70. The molecule has 4 heteroatoms. The smallest absolute Gasteiger partial charge is 0.495 e. The van der Waals surface area contributed by atoms with Crippen molar-refractivity contribution in [1.82, 2.24) is 0 Å². The van der Waals surface area contributed by atoms with Gasteiger partial charge in [0.1, 0.15) is 5.75 Å². The first-order valence-electron chi connectivity index (χ1n) is 6.34. The monoisotopic (exact) mass is 254 g/mol. The number of ether oxygens (including phenoxy) is 1. The molecule has 1 heterocycles. The van der Waals surface area contributed by atoms with Crippen LogP contribution in [0.1, 0.15) is 17.2 Å². The van der Waals surface area contributed by atoms with E-state index in [1.807, 2.05) is 36.4 Å². The van der Waals surface area contributed by atoms with Gasteiger partial charge in [-0.2, -0.15) is 0 Å². The van der Waals surface area contributed by atoms with Crippen molar-refractivity contribution in [3.63, 3.8) is 0 Å². The molecule has 0 saturated carbocycles. The van der Waals surface area contributed by atoms with Gasteiger partial charge in [-0.15, -0.1) is 0 Å². The Bertz CT molecular complexity index is 571. The minimum atomic E-state index is -0.903. The number of rotatable bonds is 3. The van der Waals surface area contributed by atoms with E-state index < -0.39 is 7.12 Å². The molecule has 0 aromatic heterocycles. The summed E-state index contributed by atoms with van der Waals surface area (Å²) in [5, 5.41) is 10.0. The Labute approximate surface area is 112 Å². The first-order valence-corrected chi connectivity index (χ1v) is 6.34. The summed E-state index contributed by atoms with van der Waals surface area (Å²) in [6, 6.07) is 15.9. The minimum Gasteiger partial charge on any atom is -0.497 e. The topological polar surface area (TPSA) is 38.7 Å². The zero-order valence-corrected chi connectivity index (χ0v) is 10.7. The van der Waals surface area contributed by atoms with Crippen LogP contribution in [0.2, 0.25) is 0 Å². The maximum absolute atomic E-state index is 10.0. The van der Waals surface area contributed by atoms with Gasteiger partial charge in [-0.1, -0.05) is 42.5 Å². The van der Waals surface area contributed by atoms with Crippen LogP contribution >= 0.6 is 0 Å². The maximum atomic E-state index is 10.0. The quantitative estimate of drug-likeness (QED) is 0.847. The van der Waals surface area contributed by atoms with Crippen molar-refractivity contribution in [2.75, 3.05) is 7.11 Å². The number of benzene rings is 2. The van der Waals surface area contributed by atoms with E-state index in [9.17, 15) is 5.02 Å². The van der Waals surface area contributed by atoms with Gasteiger partial charge in [0.25, 0.3) is 0 Å². The van der Waals surface area contributed by atoms with Crippen molar-refractivity contribution >= 4 is 12.6 Å². The number of hydrogen-bond acceptors (Lipinski definition) is 3. The standard InChI is InChI=1S/C15H15BO3/c1-18-13-9-5-8-12-14(19-16(17)15(12)13)10-11-6-3-2-4-7-11/h2-9,14,17H,10H2,1H3. The molecule has 1 unspecified atom stereocenters. The van der Waals surface area contributed by atoms with Gasteiger partial charge in [0, 0.05) is 11.9 Å². The Kier molecular flexibility index (Phi) is 3.28. The van der Waals surface area contributed by atoms with E-state index in [1.165, 1.54) is 5.56 Å². The van der Waals surface area contributed by atoms with Gasteiger partial charge in [0.15, 0.2) is 0 Å². The Morgan fingerprint density at radius 1 is 1.16 bits per heavy atom. The van der Waals surface area contributed by atoms with Crippen molar-refractivity contribution < 1.29 is 14.4 Å². The first-order chi connectivity index (χ1) is 9.29. The molecule has 0 aliphatic carbocycles. The summed E-state index contributed by atoms with van der Waals surface area (Å²) in [4.78, 5) is 0. The van der Waals surface area contributed by atoms with E-state index in [-0.39, 0.29) is 6.10 Å². The third-order valence-electron chi connectivity index (χ3n) is 3.47. The Morgan fingerprint density at radius 2 is 1.95 bits per heavy atom. The van der Waals surface area contributed by atoms with Crippen LogP contribution < -0.4 is 10.2 Å². The van der Waals surface area contributed by atoms with Crippen molar-refractivity contribution in [1.29, 1.82) is 0 Å². The molecule has 19 heavy (non-hydrogen) atoms. The summed E-state index contributed by atoms with van der Waals surface area (Å²) in [5.74, 6) is 0.681. The molecule has 0 amide bonds. The van der Waals surface area contributed by atoms with Crippen molar-refractivity contribution in [2.45, 2.75) is 12.5 Å². The van der Waals surface area contributed by atoms with E-state index in [0.717, 1.165) is 17.4 Å². The third-order valence-corrected chi connectivity index (χ3v) is 3.47. The second-order valence-electron chi connectivity index (χ2n) is 4.63. The van der Waals surface area contributed by atoms with Gasteiger partial charge in [-0.25, -0.2) is 0 Å². The predicted molar refractivity (Wildman–Crippen MR) is 74.6 cm³/mol. The molecule has 0 radical (unpaired) electrons. The number of hydrogen-bond donors (Lipinski definition) is 1. The van der Waals surface area contributed by atoms with Crippen LogP contribution in [0, 0.1) is 0 Å². The fraction of sp³-hybridized carbons (Fsp3) is 0.200. The molecule has 2 aromatic carbocycles. The highest BCUT2D eigenvalue weighted by Gasteiger charge is 2.37. The van der Waals surface area contributed by atoms with E-state index in [0.29, 0.717) is 5.75 Å². The van der Waals surface area contributed by atoms with Crippen LogP contribution in [-0.2, 0) is 11.1 Å². The maximum Gasteiger partial charge on any atom is 0.495 e. The molecule has 0 fully saturated rings. The average molecular weight is 254 g/mol. The van der Waals surface area contributed by atoms with Gasteiger partial charge >= 0.3 is 7.12 Å². The molecule has 0 saturated heterocycles. The molecule has 1 atom stereocenters. The highest BCUT2D eigenvalue weighted by molar-refractivity contribution is 6.62. The Hall–Kier alpha value is -1.78. The molecule has 2 aromatic rings. The van der Waals surface area contributed by atoms with E-state index in [1.54, 1.807) is 7.11 Å². The van der Waals surface area contributed by atoms with Gasteiger partial charge < -0.3 is 14.4 Å². The molecule has 1 aliphatic heterocycles. The molecular formula is C15H15BO3. The van der Waals surface area contributed by atoms with Crippen molar-refractivity contribution in [3.05, 3.63) is 59.7 Å². The van der Waals surface area contributed by atoms with Gasteiger partial charge in [-0.05, 0) is 17.2 Å². The summed E-state index contributed by atoms with van der Waals surface area (Å²) < 4.78 is 10.9. The fourth-order valence-electron chi connectivity index (χ4n) is 2.57. The number of methoxy groups -OCH3 is 1. The normalized spacial score (nSPS) is 17.4. The fourth-order valence-corrected chi connectivity index (χ4v) is 2.57. The highest BCUT2D eigenvalue weighted by Crippen LogP contribution is 2.30. The average Bonchev–Trinajstić information content (AvgIpc) is 2.77. The van der Waals surface area contributed by atoms with Crippen LogP contribution in [-0.4, -0.2) is 19.3 Å². The third kappa shape index (κ3) is 2.25. The van der Waals surface area contributed by atoms with E-state index in [4.69, 9.17) is 9.39 Å². The summed E-state index contributed by atoms with van der Waals surface area (Å²) in [7, 11) is 0.701. The second-order valence-corrected chi connectivity index (χ2v) is 4.63. The zero-order valence-electron chi connectivity index (χ0n) is 10.7. The van der Waals surface area contributed by atoms with Crippen LogP contribution in [0.3, 0.4) is 0 Å². The Morgan fingerprint density at radius 3 is 2.68 bits per heavy atom. The molecule has 0 spiro atoms. The number of fused-ring (bicyclic) bond motifs is 1. The molecule has 1 aliphatic rings. The molecule has 3 rings (SSSR count). The molecular weight excluding hydrogens is 239 g/mol. The minimum absolute atomic E-state index is 0.123. The summed E-state index contributed by atoms with van der Waals surface area (Å²) in [6.45, 7) is 0. The summed E-state index contributed by atoms with van der Waals surface area (Å²) in [5.41, 5.74) is 2.96. The van der Waals surface area contributed by atoms with Crippen LogP contribution in [0.5, 0.6) is 5.75 Å². The lowest BCUT2D eigenvalue weighted by Gasteiger charge is -2.12. The largest absolute Gasteiger partial charge is 0.497 e. The molecule has 96 valence electrons. The van der Waals surface area contributed by atoms with Crippen molar-refractivity contribution in [3.8, 4) is 5.75 Å². The van der Waals surface area contributed by atoms with Crippen LogP contribution in [0.25, 0.3) is 0 Å². The van der Waals surface area contributed by atoms with Crippen LogP contribution in [0.4, 0.5) is 0 Å². The summed E-state index contributed by atoms with van der Waals surface area (Å²) in [6.07, 6.45) is 0.625. The van der Waals surface area contributed by atoms with Gasteiger partial charge in [0.05, 0.1) is 13.2 Å². The van der Waals surface area contributed by atoms with Gasteiger partial charge in [-0.3, -0.25) is 0 Å². The lowest BCUT2D eigenvalue weighted by Crippen LogP contribution is -2.29. The van der Waals surface area contributed by atoms with Crippen LogP contribution in [0.15, 0.2) is 48.5 Å². The lowest BCUT2D eigenvalue weighted by molar-refractivity contribution is 0.191. The molecule has 0 bridgehead atoms.